The van der Waals surface area contributed by atoms with Crippen LogP contribution in [0.4, 0.5) is 0 Å². The third kappa shape index (κ3) is 2.37. The van der Waals surface area contributed by atoms with E-state index in [0.29, 0.717) is 5.56 Å². The smallest absolute Gasteiger partial charge is 0.141 e. The average Bonchev–Trinajstić information content (AvgIpc) is 2.56. The van der Waals surface area contributed by atoms with Gasteiger partial charge < -0.3 is 5.11 Å². The molecule has 0 amide bonds. The van der Waals surface area contributed by atoms with Crippen molar-refractivity contribution in [3.05, 3.63) is 78.4 Å². The first-order valence-corrected chi connectivity index (χ1v) is 6.68. The lowest BCUT2D eigenvalue weighted by atomic mass is 9.93. The van der Waals surface area contributed by atoms with Gasteiger partial charge in [-0.25, -0.2) is 0 Å². The first kappa shape index (κ1) is 13.0. The van der Waals surface area contributed by atoms with Crippen LogP contribution >= 0.6 is 0 Å². The number of hydrogen-bond donors (Lipinski definition) is 1. The molecule has 21 heavy (non-hydrogen) atoms. The maximum absolute atomic E-state index is 10.3. The van der Waals surface area contributed by atoms with E-state index >= 15 is 0 Å². The third-order valence-electron chi connectivity index (χ3n) is 3.46. The average molecular weight is 271 g/mol. The molecular formula is C19H13NO. The molecule has 0 fully saturated rings. The second-order valence-electron chi connectivity index (χ2n) is 4.73. The number of phenolic OH excluding ortho intramolecular Hbond substituents is 1. The maximum Gasteiger partial charge on any atom is 0.141 e. The van der Waals surface area contributed by atoms with Crippen LogP contribution in [0.15, 0.2) is 72.8 Å². The van der Waals surface area contributed by atoms with Crippen molar-refractivity contribution in [3.63, 3.8) is 0 Å². The number of para-hydroxylation sites is 1. The molecule has 1 N–H and O–H groups in total. The van der Waals surface area contributed by atoms with Crippen LogP contribution in [-0.2, 0) is 0 Å². The number of nitriles is 1. The van der Waals surface area contributed by atoms with Gasteiger partial charge in [-0.05, 0) is 22.8 Å². The highest BCUT2D eigenvalue weighted by Gasteiger charge is 2.12. The van der Waals surface area contributed by atoms with Crippen molar-refractivity contribution in [2.75, 3.05) is 0 Å². The molecule has 3 aromatic rings. The Morgan fingerprint density at radius 2 is 1.29 bits per heavy atom. The van der Waals surface area contributed by atoms with E-state index in [4.69, 9.17) is 5.26 Å². The molecule has 2 heteroatoms. The predicted molar refractivity (Wildman–Crippen MR) is 83.7 cm³/mol. The first-order valence-electron chi connectivity index (χ1n) is 6.68. The zero-order chi connectivity index (χ0) is 14.7. The number of aromatic hydroxyl groups is 1. The molecular weight excluding hydrogens is 258 g/mol. The Bertz CT molecular complexity index is 816. The molecule has 0 radical (unpaired) electrons. The lowest BCUT2D eigenvalue weighted by Gasteiger charge is -2.12. The minimum absolute atomic E-state index is 0.0309. The van der Waals surface area contributed by atoms with Crippen LogP contribution in [0.2, 0.25) is 0 Å². The van der Waals surface area contributed by atoms with E-state index in [9.17, 15) is 5.11 Å². The van der Waals surface area contributed by atoms with E-state index in [1.807, 2.05) is 66.7 Å². The van der Waals surface area contributed by atoms with Crippen LogP contribution in [0.1, 0.15) is 5.56 Å². The first-order chi connectivity index (χ1) is 10.3. The van der Waals surface area contributed by atoms with Gasteiger partial charge in [0.25, 0.3) is 0 Å². The fourth-order valence-electron chi connectivity index (χ4n) is 2.44. The quantitative estimate of drug-likeness (QED) is 0.740. The Morgan fingerprint density at radius 3 is 2.00 bits per heavy atom. The molecule has 0 aliphatic carbocycles. The molecule has 100 valence electrons. The number of nitrogens with zero attached hydrogens (tertiary/aromatic N) is 1. The van der Waals surface area contributed by atoms with Gasteiger partial charge in [0.1, 0.15) is 11.8 Å². The Kier molecular flexibility index (Phi) is 3.41. The summed E-state index contributed by atoms with van der Waals surface area (Å²) in [6.45, 7) is 0. The summed E-state index contributed by atoms with van der Waals surface area (Å²) < 4.78 is 0. The predicted octanol–water partition coefficient (Wildman–Crippen LogP) is 4.60. The second-order valence-corrected chi connectivity index (χ2v) is 4.73. The molecule has 0 aliphatic rings. The zero-order valence-corrected chi connectivity index (χ0v) is 11.3. The van der Waals surface area contributed by atoms with E-state index in [-0.39, 0.29) is 11.3 Å². The van der Waals surface area contributed by atoms with Crippen LogP contribution in [0.3, 0.4) is 0 Å². The zero-order valence-electron chi connectivity index (χ0n) is 11.3. The molecule has 0 saturated heterocycles. The Hall–Kier alpha value is -3.05. The summed E-state index contributed by atoms with van der Waals surface area (Å²) in [5, 5.41) is 19.4. The van der Waals surface area contributed by atoms with Crippen LogP contribution < -0.4 is 0 Å². The minimum Gasteiger partial charge on any atom is -0.506 e. The van der Waals surface area contributed by atoms with E-state index in [1.54, 1.807) is 12.1 Å². The van der Waals surface area contributed by atoms with Crippen LogP contribution in [0, 0.1) is 11.3 Å². The molecule has 0 saturated carbocycles. The van der Waals surface area contributed by atoms with Gasteiger partial charge in [0, 0.05) is 5.56 Å². The monoisotopic (exact) mass is 271 g/mol. The normalized spacial score (nSPS) is 10.0. The van der Waals surface area contributed by atoms with Gasteiger partial charge in [0.2, 0.25) is 0 Å². The van der Waals surface area contributed by atoms with Crippen molar-refractivity contribution in [3.8, 4) is 34.1 Å². The lowest BCUT2D eigenvalue weighted by Crippen LogP contribution is -1.87. The molecule has 2 nitrogen and oxygen atoms in total. The van der Waals surface area contributed by atoms with Crippen LogP contribution in [-0.4, -0.2) is 5.11 Å². The molecule has 3 rings (SSSR count). The summed E-state index contributed by atoms with van der Waals surface area (Å²) in [4.78, 5) is 0. The highest BCUT2D eigenvalue weighted by atomic mass is 16.3. The molecule has 0 atom stereocenters. The fraction of sp³-hybridized carbons (Fsp3) is 0. The van der Waals surface area contributed by atoms with E-state index < -0.39 is 0 Å². The highest BCUT2D eigenvalue weighted by Crippen LogP contribution is 2.37. The highest BCUT2D eigenvalue weighted by molar-refractivity contribution is 5.86. The Morgan fingerprint density at radius 1 is 0.667 bits per heavy atom. The van der Waals surface area contributed by atoms with Crippen LogP contribution in [0.25, 0.3) is 22.3 Å². The number of rotatable bonds is 2. The Balaban J connectivity index is 2.24. The SMILES string of the molecule is N#Cc1cccc(-c2ccccc2-c2ccccc2)c1O. The molecule has 0 unspecified atom stereocenters. The lowest BCUT2D eigenvalue weighted by molar-refractivity contribution is 0.475. The van der Waals surface area contributed by atoms with Gasteiger partial charge in [-0.15, -0.1) is 0 Å². The summed E-state index contributed by atoms with van der Waals surface area (Å²) in [7, 11) is 0. The van der Waals surface area contributed by atoms with Crippen molar-refractivity contribution in [2.24, 2.45) is 0 Å². The molecule has 0 spiro atoms. The second kappa shape index (κ2) is 5.52. The Labute approximate surface area is 123 Å². The summed E-state index contributed by atoms with van der Waals surface area (Å²) >= 11 is 0. The van der Waals surface area contributed by atoms with Crippen molar-refractivity contribution in [1.29, 1.82) is 5.26 Å². The third-order valence-corrected chi connectivity index (χ3v) is 3.46. The van der Waals surface area contributed by atoms with Gasteiger partial charge >= 0.3 is 0 Å². The number of hydrogen-bond acceptors (Lipinski definition) is 2. The molecule has 0 aromatic heterocycles. The molecule has 3 aromatic carbocycles. The van der Waals surface area contributed by atoms with Gasteiger partial charge in [-0.2, -0.15) is 5.26 Å². The largest absolute Gasteiger partial charge is 0.506 e. The van der Waals surface area contributed by atoms with E-state index in [2.05, 4.69) is 0 Å². The van der Waals surface area contributed by atoms with Crippen molar-refractivity contribution in [2.45, 2.75) is 0 Å². The number of phenols is 1. The fourth-order valence-corrected chi connectivity index (χ4v) is 2.44. The number of benzene rings is 3. The van der Waals surface area contributed by atoms with Gasteiger partial charge in [-0.3, -0.25) is 0 Å². The molecule has 0 heterocycles. The summed E-state index contributed by atoms with van der Waals surface area (Å²) in [6, 6.07) is 25.1. The van der Waals surface area contributed by atoms with E-state index in [0.717, 1.165) is 16.7 Å². The summed E-state index contributed by atoms with van der Waals surface area (Å²) in [5.41, 5.74) is 3.99. The minimum atomic E-state index is 0.0309. The summed E-state index contributed by atoms with van der Waals surface area (Å²) in [5.74, 6) is 0.0309. The maximum atomic E-state index is 10.3. The molecule has 0 bridgehead atoms. The van der Waals surface area contributed by atoms with Gasteiger partial charge in [0.15, 0.2) is 0 Å². The van der Waals surface area contributed by atoms with E-state index in [1.165, 1.54) is 0 Å². The van der Waals surface area contributed by atoms with Crippen molar-refractivity contribution in [1.82, 2.24) is 0 Å². The van der Waals surface area contributed by atoms with Crippen LogP contribution in [0.5, 0.6) is 5.75 Å². The topological polar surface area (TPSA) is 44.0 Å². The van der Waals surface area contributed by atoms with Crippen molar-refractivity contribution < 1.29 is 5.11 Å². The van der Waals surface area contributed by atoms with Crippen molar-refractivity contribution >= 4 is 0 Å². The van der Waals surface area contributed by atoms with Gasteiger partial charge in [-0.1, -0.05) is 66.7 Å². The summed E-state index contributed by atoms with van der Waals surface area (Å²) in [6.07, 6.45) is 0. The standard InChI is InChI=1S/C19H13NO/c20-13-15-9-6-12-18(19(15)21)17-11-5-4-10-16(17)14-7-2-1-3-8-14/h1-12,21H. The molecule has 0 aliphatic heterocycles. The van der Waals surface area contributed by atoms with Gasteiger partial charge in [0.05, 0.1) is 5.56 Å².